The summed E-state index contributed by atoms with van der Waals surface area (Å²) in [6, 6.07) is 2.53. The quantitative estimate of drug-likeness (QED) is 0.842. The van der Waals surface area contributed by atoms with Gasteiger partial charge in [0, 0.05) is 32.4 Å². The summed E-state index contributed by atoms with van der Waals surface area (Å²) in [5.41, 5.74) is -0.702. The van der Waals surface area contributed by atoms with Crippen molar-refractivity contribution < 1.29 is 13.2 Å². The van der Waals surface area contributed by atoms with E-state index in [1.165, 1.54) is 6.07 Å². The Kier molecular flexibility index (Phi) is 4.29. The third-order valence-corrected chi connectivity index (χ3v) is 3.25. The van der Waals surface area contributed by atoms with Gasteiger partial charge in [0.15, 0.2) is 0 Å². The predicted octanol–water partition coefficient (Wildman–Crippen LogP) is 2.45. The molecule has 0 aromatic carbocycles. The maximum Gasteiger partial charge on any atom is 0.417 e. The van der Waals surface area contributed by atoms with Crippen LogP contribution in [0.3, 0.4) is 0 Å². The molecular formula is C13H17F3N3. The maximum atomic E-state index is 12.4. The van der Waals surface area contributed by atoms with Gasteiger partial charge in [0.05, 0.1) is 5.56 Å². The van der Waals surface area contributed by atoms with E-state index in [1.807, 2.05) is 4.90 Å². The second kappa shape index (κ2) is 5.77. The number of nitrogens with zero attached hydrogens (tertiary/aromatic N) is 3. The minimum Gasteiger partial charge on any atom is -0.354 e. The first kappa shape index (κ1) is 14.1. The molecule has 1 aromatic heterocycles. The monoisotopic (exact) mass is 272 g/mol. The topological polar surface area (TPSA) is 19.4 Å². The molecular weight excluding hydrogens is 255 g/mol. The molecule has 1 radical (unpaired) electrons. The van der Waals surface area contributed by atoms with E-state index < -0.39 is 11.7 Å². The molecule has 0 unspecified atom stereocenters. The summed E-state index contributed by atoms with van der Waals surface area (Å²) in [4.78, 5) is 8.23. The first-order chi connectivity index (χ1) is 9.00. The number of piperazine rings is 1. The standard InChI is InChI=1S/C13H17F3N3/c1-2-5-18-6-8-19(9-7-18)12-4-3-11(10-17-12)13(14,15)16/h3-4,10H,1-2,5-9H2. The van der Waals surface area contributed by atoms with Crippen molar-refractivity contribution in [1.82, 2.24) is 9.88 Å². The summed E-state index contributed by atoms with van der Waals surface area (Å²) in [6.45, 7) is 8.16. The van der Waals surface area contributed by atoms with Gasteiger partial charge in [0.1, 0.15) is 5.82 Å². The first-order valence-corrected chi connectivity index (χ1v) is 6.30. The predicted molar refractivity (Wildman–Crippen MR) is 67.9 cm³/mol. The smallest absolute Gasteiger partial charge is 0.354 e. The van der Waals surface area contributed by atoms with E-state index in [2.05, 4.69) is 16.8 Å². The third kappa shape index (κ3) is 3.59. The van der Waals surface area contributed by atoms with Crippen LogP contribution < -0.4 is 4.90 Å². The van der Waals surface area contributed by atoms with Crippen LogP contribution in [-0.4, -0.2) is 42.6 Å². The van der Waals surface area contributed by atoms with Crippen molar-refractivity contribution in [1.29, 1.82) is 0 Å². The lowest BCUT2D eigenvalue weighted by atomic mass is 10.2. The van der Waals surface area contributed by atoms with Crippen molar-refractivity contribution >= 4 is 5.82 Å². The van der Waals surface area contributed by atoms with Crippen LogP contribution in [0.5, 0.6) is 0 Å². The highest BCUT2D eigenvalue weighted by Gasteiger charge is 2.31. The number of halogens is 3. The molecule has 6 heteroatoms. The van der Waals surface area contributed by atoms with Gasteiger partial charge in [0.2, 0.25) is 0 Å². The Balaban J connectivity index is 1.97. The number of pyridine rings is 1. The molecule has 0 amide bonds. The minimum absolute atomic E-state index is 0.613. The number of aromatic nitrogens is 1. The van der Waals surface area contributed by atoms with E-state index in [1.54, 1.807) is 0 Å². The molecule has 1 fully saturated rings. The molecule has 1 aromatic rings. The normalized spacial score (nSPS) is 17.8. The Morgan fingerprint density at radius 3 is 2.32 bits per heavy atom. The second-order valence-corrected chi connectivity index (χ2v) is 4.59. The van der Waals surface area contributed by atoms with Crippen molar-refractivity contribution in [3.63, 3.8) is 0 Å². The Labute approximate surface area is 111 Å². The first-order valence-electron chi connectivity index (χ1n) is 6.30. The van der Waals surface area contributed by atoms with Gasteiger partial charge >= 0.3 is 6.18 Å². The molecule has 1 saturated heterocycles. The largest absolute Gasteiger partial charge is 0.417 e. The average molecular weight is 272 g/mol. The van der Waals surface area contributed by atoms with Gasteiger partial charge in [-0.1, -0.05) is 6.92 Å². The fourth-order valence-electron chi connectivity index (χ4n) is 2.16. The van der Waals surface area contributed by atoms with Crippen LogP contribution in [0.25, 0.3) is 0 Å². The Morgan fingerprint density at radius 1 is 1.16 bits per heavy atom. The summed E-state index contributed by atoms with van der Waals surface area (Å²) < 4.78 is 37.3. The fourth-order valence-corrected chi connectivity index (χ4v) is 2.16. The lowest BCUT2D eigenvalue weighted by molar-refractivity contribution is -0.137. The van der Waals surface area contributed by atoms with E-state index in [0.717, 1.165) is 51.4 Å². The van der Waals surface area contributed by atoms with Gasteiger partial charge in [0.25, 0.3) is 0 Å². The van der Waals surface area contributed by atoms with Gasteiger partial charge < -0.3 is 4.90 Å². The highest BCUT2D eigenvalue weighted by atomic mass is 19.4. The summed E-state index contributed by atoms with van der Waals surface area (Å²) in [6.07, 6.45) is -2.55. The molecule has 0 N–H and O–H groups in total. The molecule has 0 bridgehead atoms. The highest BCUT2D eigenvalue weighted by molar-refractivity contribution is 5.40. The van der Waals surface area contributed by atoms with Crippen molar-refractivity contribution in [3.05, 3.63) is 30.8 Å². The minimum atomic E-state index is -4.32. The zero-order valence-corrected chi connectivity index (χ0v) is 10.7. The summed E-state index contributed by atoms with van der Waals surface area (Å²) in [5.74, 6) is 0.613. The van der Waals surface area contributed by atoms with Gasteiger partial charge in [-0.3, -0.25) is 4.90 Å². The van der Waals surface area contributed by atoms with E-state index >= 15 is 0 Å². The van der Waals surface area contributed by atoms with Crippen LogP contribution in [0, 0.1) is 6.92 Å². The SMILES string of the molecule is [CH2]CCN1CCN(c2ccc(C(F)(F)F)cn2)CC1. The van der Waals surface area contributed by atoms with E-state index in [0.29, 0.717) is 5.82 Å². The lowest BCUT2D eigenvalue weighted by Gasteiger charge is -2.35. The van der Waals surface area contributed by atoms with Crippen LogP contribution in [0.1, 0.15) is 12.0 Å². The van der Waals surface area contributed by atoms with Gasteiger partial charge in [-0.15, -0.1) is 0 Å². The zero-order valence-electron chi connectivity index (χ0n) is 10.7. The number of anilines is 1. The second-order valence-electron chi connectivity index (χ2n) is 4.59. The van der Waals surface area contributed by atoms with Crippen molar-refractivity contribution in [2.45, 2.75) is 12.6 Å². The lowest BCUT2D eigenvalue weighted by Crippen LogP contribution is -2.46. The maximum absolute atomic E-state index is 12.4. The molecule has 1 aliphatic heterocycles. The molecule has 2 heterocycles. The number of hydrogen-bond donors (Lipinski definition) is 0. The van der Waals surface area contributed by atoms with Crippen molar-refractivity contribution in [2.75, 3.05) is 37.6 Å². The van der Waals surface area contributed by atoms with Crippen LogP contribution in [-0.2, 0) is 6.18 Å². The molecule has 105 valence electrons. The van der Waals surface area contributed by atoms with E-state index in [4.69, 9.17) is 0 Å². The Hall–Kier alpha value is -1.30. The van der Waals surface area contributed by atoms with Gasteiger partial charge in [-0.2, -0.15) is 13.2 Å². The number of rotatable bonds is 3. The third-order valence-electron chi connectivity index (χ3n) is 3.25. The van der Waals surface area contributed by atoms with E-state index in [9.17, 15) is 13.2 Å². The summed E-state index contributed by atoms with van der Waals surface area (Å²) in [7, 11) is 0. The Morgan fingerprint density at radius 2 is 1.84 bits per heavy atom. The average Bonchev–Trinajstić information content (AvgIpc) is 2.39. The summed E-state index contributed by atoms with van der Waals surface area (Å²) >= 11 is 0. The van der Waals surface area contributed by atoms with Crippen LogP contribution in [0.15, 0.2) is 18.3 Å². The highest BCUT2D eigenvalue weighted by Crippen LogP contribution is 2.29. The Bertz CT molecular complexity index is 395. The molecule has 0 saturated carbocycles. The fraction of sp³-hybridized carbons (Fsp3) is 0.538. The number of hydrogen-bond acceptors (Lipinski definition) is 3. The molecule has 0 spiro atoms. The zero-order chi connectivity index (χ0) is 13.9. The molecule has 19 heavy (non-hydrogen) atoms. The van der Waals surface area contributed by atoms with Gasteiger partial charge in [-0.05, 0) is 25.1 Å². The van der Waals surface area contributed by atoms with Crippen LogP contribution in [0.2, 0.25) is 0 Å². The molecule has 0 aliphatic carbocycles. The molecule has 1 aliphatic rings. The van der Waals surface area contributed by atoms with Crippen LogP contribution >= 0.6 is 0 Å². The van der Waals surface area contributed by atoms with Gasteiger partial charge in [-0.25, -0.2) is 4.98 Å². The van der Waals surface area contributed by atoms with Crippen molar-refractivity contribution in [2.24, 2.45) is 0 Å². The van der Waals surface area contributed by atoms with Crippen molar-refractivity contribution in [3.8, 4) is 0 Å². The summed E-state index contributed by atoms with van der Waals surface area (Å²) in [5, 5.41) is 0. The number of alkyl halides is 3. The molecule has 0 atom stereocenters. The van der Waals surface area contributed by atoms with Crippen LogP contribution in [0.4, 0.5) is 19.0 Å². The van der Waals surface area contributed by atoms with E-state index in [-0.39, 0.29) is 0 Å². The molecule has 2 rings (SSSR count). The molecule has 3 nitrogen and oxygen atoms in total.